The third-order valence-corrected chi connectivity index (χ3v) is 3.13. The zero-order chi connectivity index (χ0) is 11.9. The number of aromatic nitrogens is 1. The van der Waals surface area contributed by atoms with Crippen LogP contribution in [0.25, 0.3) is 0 Å². The summed E-state index contributed by atoms with van der Waals surface area (Å²) in [7, 11) is 1.76. The van der Waals surface area contributed by atoms with Crippen LogP contribution in [0.3, 0.4) is 0 Å². The van der Waals surface area contributed by atoms with E-state index in [1.54, 1.807) is 19.5 Å². The molecule has 1 fully saturated rings. The minimum atomic E-state index is 0.456. The molecule has 0 amide bonds. The second-order valence-electron chi connectivity index (χ2n) is 4.49. The molecular formula is C13H20N2O2. The summed E-state index contributed by atoms with van der Waals surface area (Å²) in [4.78, 5) is 4.02. The van der Waals surface area contributed by atoms with Crippen LogP contribution < -0.4 is 10.1 Å². The molecule has 0 aliphatic carbocycles. The monoisotopic (exact) mass is 236 g/mol. The van der Waals surface area contributed by atoms with E-state index >= 15 is 0 Å². The Morgan fingerprint density at radius 1 is 1.53 bits per heavy atom. The van der Waals surface area contributed by atoms with Gasteiger partial charge in [0, 0.05) is 26.0 Å². The standard InChI is InChI=1S/C13H20N2O2/c1-16-6-4-11-7-12(15-8-11)10-17-13-3-2-5-14-9-13/h2-3,5,9,11-12,15H,4,6-8,10H2,1H3/t11-,12?/m1/s1. The number of rotatable bonds is 6. The number of nitrogens with zero attached hydrogens (tertiary/aromatic N) is 1. The van der Waals surface area contributed by atoms with Gasteiger partial charge in [0.25, 0.3) is 0 Å². The molecule has 1 aromatic heterocycles. The van der Waals surface area contributed by atoms with Crippen molar-refractivity contribution >= 4 is 0 Å². The van der Waals surface area contributed by atoms with Crippen molar-refractivity contribution in [1.29, 1.82) is 0 Å². The number of ether oxygens (including phenoxy) is 2. The van der Waals surface area contributed by atoms with Crippen LogP contribution in [0.4, 0.5) is 0 Å². The maximum atomic E-state index is 5.69. The Bertz CT molecular complexity index is 318. The molecule has 0 saturated carbocycles. The van der Waals surface area contributed by atoms with E-state index in [9.17, 15) is 0 Å². The third-order valence-electron chi connectivity index (χ3n) is 3.13. The van der Waals surface area contributed by atoms with Crippen LogP contribution in [-0.2, 0) is 4.74 Å². The van der Waals surface area contributed by atoms with Gasteiger partial charge in [-0.25, -0.2) is 0 Å². The predicted molar refractivity (Wildman–Crippen MR) is 66.1 cm³/mol. The van der Waals surface area contributed by atoms with E-state index in [0.717, 1.165) is 37.8 Å². The second-order valence-corrected chi connectivity index (χ2v) is 4.49. The van der Waals surface area contributed by atoms with Crippen LogP contribution >= 0.6 is 0 Å². The largest absolute Gasteiger partial charge is 0.490 e. The van der Waals surface area contributed by atoms with Crippen molar-refractivity contribution in [2.75, 3.05) is 26.9 Å². The van der Waals surface area contributed by atoms with Gasteiger partial charge in [-0.1, -0.05) is 0 Å². The lowest BCUT2D eigenvalue weighted by Gasteiger charge is -2.12. The molecule has 0 aromatic carbocycles. The molecule has 0 bridgehead atoms. The van der Waals surface area contributed by atoms with Gasteiger partial charge >= 0.3 is 0 Å². The number of methoxy groups -OCH3 is 1. The van der Waals surface area contributed by atoms with Crippen molar-refractivity contribution in [3.8, 4) is 5.75 Å². The highest BCUT2D eigenvalue weighted by atomic mass is 16.5. The highest BCUT2D eigenvalue weighted by molar-refractivity contribution is 5.15. The zero-order valence-corrected chi connectivity index (χ0v) is 10.3. The molecule has 1 aliphatic heterocycles. The van der Waals surface area contributed by atoms with Crippen LogP contribution in [0.2, 0.25) is 0 Å². The first-order valence-electron chi connectivity index (χ1n) is 6.13. The van der Waals surface area contributed by atoms with Crippen molar-refractivity contribution in [2.45, 2.75) is 18.9 Å². The lowest BCUT2D eigenvalue weighted by atomic mass is 10.0. The molecule has 1 aromatic rings. The van der Waals surface area contributed by atoms with Gasteiger partial charge in [-0.2, -0.15) is 0 Å². The van der Waals surface area contributed by atoms with Gasteiger partial charge in [0.2, 0.25) is 0 Å². The first kappa shape index (κ1) is 12.3. The van der Waals surface area contributed by atoms with Gasteiger partial charge in [-0.3, -0.25) is 4.98 Å². The lowest BCUT2D eigenvalue weighted by molar-refractivity contribution is 0.179. The Balaban J connectivity index is 1.68. The molecule has 94 valence electrons. The third kappa shape index (κ3) is 3.98. The normalized spacial score (nSPS) is 23.8. The molecule has 2 atom stereocenters. The second kappa shape index (κ2) is 6.57. The number of hydrogen-bond donors (Lipinski definition) is 1. The number of pyridine rings is 1. The summed E-state index contributed by atoms with van der Waals surface area (Å²) < 4.78 is 10.8. The Labute approximate surface area is 102 Å². The van der Waals surface area contributed by atoms with Crippen LogP contribution in [0, 0.1) is 5.92 Å². The van der Waals surface area contributed by atoms with E-state index in [1.807, 2.05) is 12.1 Å². The van der Waals surface area contributed by atoms with E-state index in [1.165, 1.54) is 6.42 Å². The SMILES string of the molecule is COCC[C@H]1CNC(COc2cccnc2)C1. The summed E-state index contributed by atoms with van der Waals surface area (Å²) in [5, 5.41) is 3.48. The minimum Gasteiger partial charge on any atom is -0.490 e. The molecule has 4 heteroatoms. The molecule has 0 radical (unpaired) electrons. The predicted octanol–water partition coefficient (Wildman–Crippen LogP) is 1.47. The molecule has 2 heterocycles. The topological polar surface area (TPSA) is 43.4 Å². The average Bonchev–Trinajstić information content (AvgIpc) is 2.83. The fourth-order valence-electron chi connectivity index (χ4n) is 2.16. The first-order chi connectivity index (χ1) is 8.38. The van der Waals surface area contributed by atoms with Crippen molar-refractivity contribution in [3.05, 3.63) is 24.5 Å². The Morgan fingerprint density at radius 2 is 2.47 bits per heavy atom. The summed E-state index contributed by atoms with van der Waals surface area (Å²) in [5.41, 5.74) is 0. The van der Waals surface area contributed by atoms with Crippen molar-refractivity contribution in [1.82, 2.24) is 10.3 Å². The van der Waals surface area contributed by atoms with Crippen LogP contribution in [0.5, 0.6) is 5.75 Å². The van der Waals surface area contributed by atoms with Crippen LogP contribution in [0.1, 0.15) is 12.8 Å². The van der Waals surface area contributed by atoms with Gasteiger partial charge in [-0.05, 0) is 37.4 Å². The molecule has 4 nitrogen and oxygen atoms in total. The summed E-state index contributed by atoms with van der Waals surface area (Å²) >= 11 is 0. The van der Waals surface area contributed by atoms with Crippen LogP contribution in [-0.4, -0.2) is 37.9 Å². The summed E-state index contributed by atoms with van der Waals surface area (Å²) in [6, 6.07) is 4.28. The summed E-state index contributed by atoms with van der Waals surface area (Å²) in [6.45, 7) is 2.64. The highest BCUT2D eigenvalue weighted by Gasteiger charge is 2.23. The van der Waals surface area contributed by atoms with Gasteiger partial charge < -0.3 is 14.8 Å². The van der Waals surface area contributed by atoms with Gasteiger partial charge in [-0.15, -0.1) is 0 Å². The van der Waals surface area contributed by atoms with Gasteiger partial charge in [0.15, 0.2) is 0 Å². The number of hydrogen-bond acceptors (Lipinski definition) is 4. The van der Waals surface area contributed by atoms with Crippen molar-refractivity contribution in [2.24, 2.45) is 5.92 Å². The van der Waals surface area contributed by atoms with Gasteiger partial charge in [0.05, 0.1) is 6.20 Å². The maximum absolute atomic E-state index is 5.69. The molecule has 1 saturated heterocycles. The molecule has 2 rings (SSSR count). The molecule has 0 spiro atoms. The fourth-order valence-corrected chi connectivity index (χ4v) is 2.16. The zero-order valence-electron chi connectivity index (χ0n) is 10.3. The Kier molecular flexibility index (Phi) is 4.76. The summed E-state index contributed by atoms with van der Waals surface area (Å²) in [5.74, 6) is 1.56. The molecular weight excluding hydrogens is 216 g/mol. The molecule has 17 heavy (non-hydrogen) atoms. The van der Waals surface area contributed by atoms with E-state index in [-0.39, 0.29) is 0 Å². The van der Waals surface area contributed by atoms with E-state index in [0.29, 0.717) is 6.04 Å². The molecule has 1 aliphatic rings. The maximum Gasteiger partial charge on any atom is 0.137 e. The average molecular weight is 236 g/mol. The van der Waals surface area contributed by atoms with Crippen LogP contribution in [0.15, 0.2) is 24.5 Å². The molecule has 1 N–H and O–H groups in total. The fraction of sp³-hybridized carbons (Fsp3) is 0.615. The highest BCUT2D eigenvalue weighted by Crippen LogP contribution is 2.18. The smallest absolute Gasteiger partial charge is 0.137 e. The lowest BCUT2D eigenvalue weighted by Crippen LogP contribution is -2.28. The van der Waals surface area contributed by atoms with Crippen molar-refractivity contribution in [3.63, 3.8) is 0 Å². The molecule has 1 unspecified atom stereocenters. The van der Waals surface area contributed by atoms with Crippen molar-refractivity contribution < 1.29 is 9.47 Å². The van der Waals surface area contributed by atoms with E-state index < -0.39 is 0 Å². The van der Waals surface area contributed by atoms with E-state index in [4.69, 9.17) is 9.47 Å². The Morgan fingerprint density at radius 3 is 3.24 bits per heavy atom. The summed E-state index contributed by atoms with van der Waals surface area (Å²) in [6.07, 6.45) is 5.80. The van der Waals surface area contributed by atoms with Gasteiger partial charge in [0.1, 0.15) is 12.4 Å². The first-order valence-corrected chi connectivity index (χ1v) is 6.13. The minimum absolute atomic E-state index is 0.456. The number of nitrogens with one attached hydrogen (secondary N) is 1. The quantitative estimate of drug-likeness (QED) is 0.812. The van der Waals surface area contributed by atoms with E-state index in [2.05, 4.69) is 10.3 Å². The Hall–Kier alpha value is -1.13.